The summed E-state index contributed by atoms with van der Waals surface area (Å²) < 4.78 is 45.0. The minimum atomic E-state index is -4.65. The zero-order valence-electron chi connectivity index (χ0n) is 11.5. The summed E-state index contributed by atoms with van der Waals surface area (Å²) in [7, 11) is 1.61. The number of benzene rings is 2. The highest BCUT2D eigenvalue weighted by Crippen LogP contribution is 2.23. The lowest BCUT2D eigenvalue weighted by molar-refractivity contribution is -0.274. The van der Waals surface area contributed by atoms with E-state index in [4.69, 9.17) is 4.74 Å². The Kier molecular flexibility index (Phi) is 4.73. The van der Waals surface area contributed by atoms with Crippen LogP contribution in [0.5, 0.6) is 11.5 Å². The molecule has 0 aliphatic carbocycles. The van der Waals surface area contributed by atoms with Gasteiger partial charge in [-0.1, -0.05) is 24.3 Å². The Balaban J connectivity index is 1.91. The van der Waals surface area contributed by atoms with Gasteiger partial charge in [0.1, 0.15) is 11.5 Å². The van der Waals surface area contributed by atoms with E-state index in [1.165, 1.54) is 12.1 Å². The highest BCUT2D eigenvalue weighted by atomic mass is 19.4. The minimum Gasteiger partial charge on any atom is -0.497 e. The lowest BCUT2D eigenvalue weighted by Gasteiger charge is -2.09. The third kappa shape index (κ3) is 5.02. The van der Waals surface area contributed by atoms with Crippen LogP contribution in [0.25, 0.3) is 0 Å². The van der Waals surface area contributed by atoms with E-state index in [1.807, 2.05) is 24.3 Å². The first kappa shape index (κ1) is 15.2. The molecule has 2 rings (SSSR count). The molecule has 0 saturated heterocycles. The van der Waals surface area contributed by atoms with Crippen LogP contribution in [0.3, 0.4) is 0 Å². The quantitative estimate of drug-likeness (QED) is 0.815. The predicted octanol–water partition coefficient (Wildman–Crippen LogP) is 4.38. The number of hydrogen-bond acceptors (Lipinski definition) is 2. The molecule has 0 saturated carbocycles. The monoisotopic (exact) mass is 296 g/mol. The number of rotatable bonds is 5. The van der Waals surface area contributed by atoms with Crippen molar-refractivity contribution in [2.24, 2.45) is 0 Å². The largest absolute Gasteiger partial charge is 0.573 e. The average Bonchev–Trinajstić information content (AvgIpc) is 2.45. The Morgan fingerprint density at radius 1 is 0.762 bits per heavy atom. The summed E-state index contributed by atoms with van der Waals surface area (Å²) in [6.07, 6.45) is -3.09. The fraction of sp³-hybridized carbons (Fsp3) is 0.250. The predicted molar refractivity (Wildman–Crippen MR) is 73.5 cm³/mol. The third-order valence-corrected chi connectivity index (χ3v) is 3.02. The van der Waals surface area contributed by atoms with Gasteiger partial charge in [0, 0.05) is 0 Å². The summed E-state index contributed by atoms with van der Waals surface area (Å²) in [5, 5.41) is 0. The molecule has 2 aromatic carbocycles. The van der Waals surface area contributed by atoms with Crippen molar-refractivity contribution < 1.29 is 22.6 Å². The van der Waals surface area contributed by atoms with Crippen molar-refractivity contribution in [3.8, 4) is 11.5 Å². The smallest absolute Gasteiger partial charge is 0.497 e. The normalized spacial score (nSPS) is 11.2. The number of methoxy groups -OCH3 is 1. The first-order valence-electron chi connectivity index (χ1n) is 6.44. The van der Waals surface area contributed by atoms with E-state index < -0.39 is 6.36 Å². The number of ether oxygens (including phenoxy) is 2. The Bertz CT molecular complexity index is 560. The zero-order valence-corrected chi connectivity index (χ0v) is 11.5. The second-order valence-electron chi connectivity index (χ2n) is 4.54. The molecule has 0 unspecified atom stereocenters. The molecule has 0 aliphatic heterocycles. The molecular formula is C16H15F3O2. The van der Waals surface area contributed by atoms with E-state index in [2.05, 4.69) is 4.74 Å². The van der Waals surface area contributed by atoms with E-state index in [1.54, 1.807) is 19.2 Å². The second-order valence-corrected chi connectivity index (χ2v) is 4.54. The van der Waals surface area contributed by atoms with Gasteiger partial charge >= 0.3 is 6.36 Å². The van der Waals surface area contributed by atoms with E-state index >= 15 is 0 Å². The Labute approximate surface area is 121 Å². The summed E-state index contributed by atoms with van der Waals surface area (Å²) in [6, 6.07) is 13.7. The molecule has 0 spiro atoms. The molecule has 0 fully saturated rings. The molecule has 0 N–H and O–H groups in total. The number of alkyl halides is 3. The van der Waals surface area contributed by atoms with Crippen LogP contribution in [0.15, 0.2) is 48.5 Å². The Hall–Kier alpha value is -2.17. The SMILES string of the molecule is COc1ccc(CCc2ccc(OC(F)(F)F)cc2)cc1. The number of aryl methyl sites for hydroxylation is 2. The molecule has 2 nitrogen and oxygen atoms in total. The van der Waals surface area contributed by atoms with Crippen LogP contribution in [-0.4, -0.2) is 13.5 Å². The minimum absolute atomic E-state index is 0.198. The van der Waals surface area contributed by atoms with E-state index in [0.717, 1.165) is 29.7 Å². The fourth-order valence-electron chi connectivity index (χ4n) is 1.94. The summed E-state index contributed by atoms with van der Waals surface area (Å²) in [6.45, 7) is 0. The van der Waals surface area contributed by atoms with Crippen molar-refractivity contribution in [1.82, 2.24) is 0 Å². The van der Waals surface area contributed by atoms with Crippen LogP contribution in [-0.2, 0) is 12.8 Å². The van der Waals surface area contributed by atoms with Crippen LogP contribution in [0.4, 0.5) is 13.2 Å². The summed E-state index contributed by atoms with van der Waals surface area (Å²) in [5.41, 5.74) is 2.10. The van der Waals surface area contributed by atoms with Crippen molar-refractivity contribution in [3.05, 3.63) is 59.7 Å². The molecule has 21 heavy (non-hydrogen) atoms. The second kappa shape index (κ2) is 6.52. The molecule has 0 aromatic heterocycles. The molecule has 0 bridgehead atoms. The van der Waals surface area contributed by atoms with E-state index in [-0.39, 0.29) is 5.75 Å². The van der Waals surface area contributed by atoms with Gasteiger partial charge in [-0.3, -0.25) is 0 Å². The lowest BCUT2D eigenvalue weighted by Crippen LogP contribution is -2.17. The Morgan fingerprint density at radius 2 is 1.19 bits per heavy atom. The highest BCUT2D eigenvalue weighted by molar-refractivity contribution is 5.30. The van der Waals surface area contributed by atoms with Gasteiger partial charge in [0.15, 0.2) is 0 Å². The van der Waals surface area contributed by atoms with Crippen LogP contribution in [0.2, 0.25) is 0 Å². The maximum absolute atomic E-state index is 12.0. The molecule has 5 heteroatoms. The molecule has 0 radical (unpaired) electrons. The maximum atomic E-state index is 12.0. The van der Waals surface area contributed by atoms with Crippen LogP contribution >= 0.6 is 0 Å². The van der Waals surface area contributed by atoms with Gasteiger partial charge in [-0.05, 0) is 48.2 Å². The fourth-order valence-corrected chi connectivity index (χ4v) is 1.94. The zero-order chi connectivity index (χ0) is 15.3. The lowest BCUT2D eigenvalue weighted by atomic mass is 10.0. The molecule has 112 valence electrons. The number of hydrogen-bond donors (Lipinski definition) is 0. The van der Waals surface area contributed by atoms with Crippen molar-refractivity contribution in [2.75, 3.05) is 7.11 Å². The Morgan fingerprint density at radius 3 is 1.57 bits per heavy atom. The summed E-state index contributed by atoms with van der Waals surface area (Å²) in [4.78, 5) is 0. The standard InChI is InChI=1S/C16H15F3O2/c1-20-14-8-4-12(5-9-14)2-3-13-6-10-15(11-7-13)21-16(17,18)19/h4-11H,2-3H2,1H3. The van der Waals surface area contributed by atoms with Crippen LogP contribution < -0.4 is 9.47 Å². The topological polar surface area (TPSA) is 18.5 Å². The van der Waals surface area contributed by atoms with Crippen LogP contribution in [0.1, 0.15) is 11.1 Å². The molecule has 0 amide bonds. The van der Waals surface area contributed by atoms with Crippen molar-refractivity contribution >= 4 is 0 Å². The van der Waals surface area contributed by atoms with Crippen molar-refractivity contribution in [2.45, 2.75) is 19.2 Å². The summed E-state index contributed by atoms with van der Waals surface area (Å²) in [5.74, 6) is 0.600. The highest BCUT2D eigenvalue weighted by Gasteiger charge is 2.30. The van der Waals surface area contributed by atoms with Gasteiger partial charge in [-0.15, -0.1) is 13.2 Å². The van der Waals surface area contributed by atoms with Crippen molar-refractivity contribution in [1.29, 1.82) is 0 Å². The van der Waals surface area contributed by atoms with Gasteiger partial charge in [0.2, 0.25) is 0 Å². The number of halogens is 3. The summed E-state index contributed by atoms with van der Waals surface area (Å²) >= 11 is 0. The molecular weight excluding hydrogens is 281 g/mol. The van der Waals surface area contributed by atoms with E-state index in [0.29, 0.717) is 0 Å². The van der Waals surface area contributed by atoms with Crippen LogP contribution in [0, 0.1) is 0 Å². The first-order chi connectivity index (χ1) is 9.96. The average molecular weight is 296 g/mol. The van der Waals surface area contributed by atoms with Gasteiger partial charge in [0.05, 0.1) is 7.11 Å². The first-order valence-corrected chi connectivity index (χ1v) is 6.44. The van der Waals surface area contributed by atoms with Gasteiger partial charge in [-0.2, -0.15) is 0 Å². The van der Waals surface area contributed by atoms with Gasteiger partial charge in [0.25, 0.3) is 0 Å². The van der Waals surface area contributed by atoms with E-state index in [9.17, 15) is 13.2 Å². The third-order valence-electron chi connectivity index (χ3n) is 3.02. The maximum Gasteiger partial charge on any atom is 0.573 e. The molecule has 0 atom stereocenters. The van der Waals surface area contributed by atoms with Gasteiger partial charge in [-0.25, -0.2) is 0 Å². The molecule has 0 heterocycles. The van der Waals surface area contributed by atoms with Crippen molar-refractivity contribution in [3.63, 3.8) is 0 Å². The molecule has 0 aliphatic rings. The molecule has 2 aromatic rings. The van der Waals surface area contributed by atoms with Gasteiger partial charge < -0.3 is 9.47 Å².